The maximum Gasteiger partial charge on any atom is 0.231 e. The van der Waals surface area contributed by atoms with Gasteiger partial charge in [0.15, 0.2) is 17.5 Å². The predicted octanol–water partition coefficient (Wildman–Crippen LogP) is 3.10. The van der Waals surface area contributed by atoms with Crippen LogP contribution in [0.25, 0.3) is 0 Å². The molecule has 1 aromatic carbocycles. The summed E-state index contributed by atoms with van der Waals surface area (Å²) in [6.07, 6.45) is 4.09. The summed E-state index contributed by atoms with van der Waals surface area (Å²) in [6.45, 7) is 7.93. The maximum absolute atomic E-state index is 5.83. The van der Waals surface area contributed by atoms with E-state index in [0.29, 0.717) is 19.2 Å². The van der Waals surface area contributed by atoms with Crippen molar-refractivity contribution in [1.82, 2.24) is 15.6 Å². The van der Waals surface area contributed by atoms with E-state index in [1.807, 2.05) is 6.07 Å². The highest BCUT2D eigenvalue weighted by atomic mass is 16.7. The Hall–Kier alpha value is -2.70. The van der Waals surface area contributed by atoms with Crippen molar-refractivity contribution in [3.8, 4) is 11.5 Å². The van der Waals surface area contributed by atoms with Gasteiger partial charge in [-0.15, -0.1) is 0 Å². The molecule has 1 aromatic heterocycles. The Morgan fingerprint density at radius 1 is 1.18 bits per heavy atom. The second-order valence-electron chi connectivity index (χ2n) is 8.50. The van der Waals surface area contributed by atoms with Crippen molar-refractivity contribution in [3.63, 3.8) is 0 Å². The summed E-state index contributed by atoms with van der Waals surface area (Å²) in [4.78, 5) is 8.67. The minimum absolute atomic E-state index is 0.0475. The molecule has 7 nitrogen and oxygen atoms in total. The highest BCUT2D eigenvalue weighted by molar-refractivity contribution is 5.79. The number of rotatable bonds is 5. The van der Waals surface area contributed by atoms with E-state index >= 15 is 0 Å². The zero-order valence-electron chi connectivity index (χ0n) is 17.0. The lowest BCUT2D eigenvalue weighted by Crippen LogP contribution is -2.40. The lowest BCUT2D eigenvalue weighted by molar-refractivity contribution is 0.174. The van der Waals surface area contributed by atoms with Gasteiger partial charge in [-0.3, -0.25) is 4.99 Å². The molecule has 0 atom stereocenters. The smallest absolute Gasteiger partial charge is 0.231 e. The first-order chi connectivity index (χ1) is 13.4. The topological polar surface area (TPSA) is 80.9 Å². The van der Waals surface area contributed by atoms with E-state index in [-0.39, 0.29) is 10.8 Å². The Bertz CT molecular complexity index is 878. The molecule has 0 unspecified atom stereocenters. The Morgan fingerprint density at radius 3 is 2.64 bits per heavy atom. The molecule has 1 saturated carbocycles. The van der Waals surface area contributed by atoms with Gasteiger partial charge < -0.3 is 24.5 Å². The molecule has 0 amide bonds. The quantitative estimate of drug-likeness (QED) is 0.609. The summed E-state index contributed by atoms with van der Waals surface area (Å²) in [5.41, 5.74) is 1.36. The fourth-order valence-corrected chi connectivity index (χ4v) is 3.32. The summed E-state index contributed by atoms with van der Waals surface area (Å²) in [5, 5.41) is 6.72. The SMILES string of the molecule is CN=C(NCc1ncc(C(C)(C)C)o1)NCC1(c2ccc3c(c2)OCO3)CC1. The van der Waals surface area contributed by atoms with Gasteiger partial charge in [-0.25, -0.2) is 4.98 Å². The number of oxazole rings is 1. The minimum atomic E-state index is -0.0475. The summed E-state index contributed by atoms with van der Waals surface area (Å²) in [5.74, 6) is 3.94. The molecule has 150 valence electrons. The van der Waals surface area contributed by atoms with E-state index < -0.39 is 0 Å². The van der Waals surface area contributed by atoms with Gasteiger partial charge in [0.05, 0.1) is 12.7 Å². The summed E-state index contributed by atoms with van der Waals surface area (Å²) in [6, 6.07) is 6.24. The van der Waals surface area contributed by atoms with Crippen molar-refractivity contribution < 1.29 is 13.9 Å². The van der Waals surface area contributed by atoms with Gasteiger partial charge in [-0.05, 0) is 30.5 Å². The Balaban J connectivity index is 1.34. The molecular formula is C21H28N4O3. The van der Waals surface area contributed by atoms with Crippen LogP contribution in [-0.2, 0) is 17.4 Å². The summed E-state index contributed by atoms with van der Waals surface area (Å²) < 4.78 is 16.8. The number of ether oxygens (including phenoxy) is 2. The van der Waals surface area contributed by atoms with Crippen LogP contribution in [0.4, 0.5) is 0 Å². The molecule has 2 N–H and O–H groups in total. The first kappa shape index (κ1) is 18.7. The van der Waals surface area contributed by atoms with E-state index in [9.17, 15) is 0 Å². The first-order valence-electron chi connectivity index (χ1n) is 9.69. The predicted molar refractivity (Wildman–Crippen MR) is 107 cm³/mol. The molecular weight excluding hydrogens is 356 g/mol. The van der Waals surface area contributed by atoms with Crippen molar-refractivity contribution in [1.29, 1.82) is 0 Å². The highest BCUT2D eigenvalue weighted by Crippen LogP contribution is 2.49. The molecule has 0 spiro atoms. The van der Waals surface area contributed by atoms with Crippen LogP contribution in [-0.4, -0.2) is 31.3 Å². The third kappa shape index (κ3) is 3.79. The van der Waals surface area contributed by atoms with Gasteiger partial charge in [0.25, 0.3) is 0 Å². The molecule has 7 heteroatoms. The van der Waals surface area contributed by atoms with Crippen LogP contribution < -0.4 is 20.1 Å². The molecule has 0 radical (unpaired) electrons. The fraction of sp³-hybridized carbons (Fsp3) is 0.524. The van der Waals surface area contributed by atoms with Gasteiger partial charge in [0.1, 0.15) is 5.76 Å². The second-order valence-corrected chi connectivity index (χ2v) is 8.50. The van der Waals surface area contributed by atoms with E-state index in [1.165, 1.54) is 5.56 Å². The van der Waals surface area contributed by atoms with Gasteiger partial charge in [-0.2, -0.15) is 0 Å². The number of benzene rings is 1. The van der Waals surface area contributed by atoms with Crippen LogP contribution in [0.5, 0.6) is 11.5 Å². The number of fused-ring (bicyclic) bond motifs is 1. The standard InChI is InChI=1S/C21H28N4O3/c1-20(2,3)17-10-23-18(28-17)11-24-19(22-4)25-12-21(7-8-21)14-5-6-15-16(9-14)27-13-26-15/h5-6,9-10H,7-8,11-13H2,1-4H3,(H2,22,24,25). The number of hydrogen-bond acceptors (Lipinski definition) is 5. The lowest BCUT2D eigenvalue weighted by atomic mass is 9.94. The van der Waals surface area contributed by atoms with E-state index in [0.717, 1.165) is 42.6 Å². The van der Waals surface area contributed by atoms with Gasteiger partial charge in [0, 0.05) is 24.4 Å². The zero-order valence-corrected chi connectivity index (χ0v) is 17.0. The maximum atomic E-state index is 5.83. The highest BCUT2D eigenvalue weighted by Gasteiger charge is 2.44. The number of nitrogens with one attached hydrogen (secondary N) is 2. The summed E-state index contributed by atoms with van der Waals surface area (Å²) in [7, 11) is 1.77. The third-order valence-corrected chi connectivity index (χ3v) is 5.36. The normalized spacial score (nSPS) is 17.5. The van der Waals surface area contributed by atoms with Gasteiger partial charge in [-0.1, -0.05) is 26.8 Å². The Labute approximate surface area is 165 Å². The molecule has 4 rings (SSSR count). The largest absolute Gasteiger partial charge is 0.454 e. The fourth-order valence-electron chi connectivity index (χ4n) is 3.32. The molecule has 2 aliphatic rings. The van der Waals surface area contributed by atoms with Crippen LogP contribution in [0.2, 0.25) is 0 Å². The van der Waals surface area contributed by atoms with Crippen molar-refractivity contribution in [2.24, 2.45) is 4.99 Å². The average Bonchev–Trinajstić information content (AvgIpc) is 3.07. The van der Waals surface area contributed by atoms with E-state index in [1.54, 1.807) is 13.2 Å². The summed E-state index contributed by atoms with van der Waals surface area (Å²) >= 11 is 0. The molecule has 1 aliphatic heterocycles. The van der Waals surface area contributed by atoms with E-state index in [4.69, 9.17) is 13.9 Å². The van der Waals surface area contributed by atoms with Crippen LogP contribution in [0.3, 0.4) is 0 Å². The van der Waals surface area contributed by atoms with Crippen molar-refractivity contribution >= 4 is 5.96 Å². The Morgan fingerprint density at radius 2 is 1.96 bits per heavy atom. The molecule has 1 aliphatic carbocycles. The van der Waals surface area contributed by atoms with Crippen LogP contribution in [0.15, 0.2) is 33.8 Å². The molecule has 2 aromatic rings. The zero-order chi connectivity index (χ0) is 19.8. The number of guanidine groups is 1. The number of nitrogens with zero attached hydrogens (tertiary/aromatic N) is 2. The Kier molecular flexibility index (Phi) is 4.69. The molecule has 2 heterocycles. The van der Waals surface area contributed by atoms with Crippen LogP contribution >= 0.6 is 0 Å². The third-order valence-electron chi connectivity index (χ3n) is 5.36. The van der Waals surface area contributed by atoms with E-state index in [2.05, 4.69) is 53.5 Å². The molecule has 0 bridgehead atoms. The number of aromatic nitrogens is 1. The minimum Gasteiger partial charge on any atom is -0.454 e. The van der Waals surface area contributed by atoms with Gasteiger partial charge in [0.2, 0.25) is 12.7 Å². The number of hydrogen-bond donors (Lipinski definition) is 2. The molecule has 0 saturated heterocycles. The molecule has 1 fully saturated rings. The first-order valence-corrected chi connectivity index (χ1v) is 9.69. The van der Waals surface area contributed by atoms with Crippen LogP contribution in [0.1, 0.15) is 50.8 Å². The van der Waals surface area contributed by atoms with Crippen molar-refractivity contribution in [2.45, 2.75) is 51.0 Å². The lowest BCUT2D eigenvalue weighted by Gasteiger charge is -2.19. The molecule has 28 heavy (non-hydrogen) atoms. The number of aliphatic imine (C=N–C) groups is 1. The monoisotopic (exact) mass is 384 g/mol. The van der Waals surface area contributed by atoms with Crippen molar-refractivity contribution in [2.75, 3.05) is 20.4 Å². The average molecular weight is 384 g/mol. The van der Waals surface area contributed by atoms with Gasteiger partial charge >= 0.3 is 0 Å². The van der Waals surface area contributed by atoms with Crippen molar-refractivity contribution in [3.05, 3.63) is 41.6 Å². The van der Waals surface area contributed by atoms with Crippen LogP contribution in [0, 0.1) is 0 Å². The second kappa shape index (κ2) is 7.04.